The van der Waals surface area contributed by atoms with Crippen molar-refractivity contribution < 1.29 is 9.59 Å². The maximum Gasteiger partial charge on any atom is 0.251 e. The monoisotopic (exact) mass is 279 g/mol. The number of hydrogen-bond acceptors (Lipinski definition) is 5. The van der Waals surface area contributed by atoms with Gasteiger partial charge in [0.2, 0.25) is 5.91 Å². The van der Waals surface area contributed by atoms with Crippen LogP contribution in [-0.2, 0) is 4.79 Å². The lowest BCUT2D eigenvalue weighted by Gasteiger charge is -2.09. The molecule has 0 spiro atoms. The van der Waals surface area contributed by atoms with Crippen LogP contribution in [0.15, 0.2) is 12.1 Å². The molecule has 110 valence electrons. The quantitative estimate of drug-likeness (QED) is 0.443. The van der Waals surface area contributed by atoms with Crippen LogP contribution >= 0.6 is 0 Å². The lowest BCUT2D eigenvalue weighted by Crippen LogP contribution is -2.34. The Balaban J connectivity index is 2.51. The number of carbonyl (C=O) groups excluding carboxylic acids is 2. The number of pyridine rings is 1. The highest BCUT2D eigenvalue weighted by molar-refractivity contribution is 5.95. The van der Waals surface area contributed by atoms with Crippen molar-refractivity contribution in [1.82, 2.24) is 15.6 Å². The Hall–Kier alpha value is -2.15. The molecule has 1 heterocycles. The summed E-state index contributed by atoms with van der Waals surface area (Å²) < 4.78 is 0. The van der Waals surface area contributed by atoms with Crippen LogP contribution < -0.4 is 21.9 Å². The van der Waals surface area contributed by atoms with Gasteiger partial charge in [-0.3, -0.25) is 9.59 Å². The van der Waals surface area contributed by atoms with Crippen LogP contribution in [0.1, 0.15) is 36.3 Å². The molecule has 1 aromatic rings. The van der Waals surface area contributed by atoms with Gasteiger partial charge in [0.1, 0.15) is 5.82 Å². The Labute approximate surface area is 118 Å². The fourth-order valence-electron chi connectivity index (χ4n) is 1.66. The molecule has 7 nitrogen and oxygen atoms in total. The summed E-state index contributed by atoms with van der Waals surface area (Å²) in [6.45, 7) is 5.83. The van der Waals surface area contributed by atoms with Crippen molar-refractivity contribution in [3.05, 3.63) is 23.4 Å². The first-order valence-corrected chi connectivity index (χ1v) is 6.45. The summed E-state index contributed by atoms with van der Waals surface area (Å²) in [5, 5.41) is 5.44. The van der Waals surface area contributed by atoms with Gasteiger partial charge in [-0.05, 0) is 32.9 Å². The molecule has 1 rings (SSSR count). The van der Waals surface area contributed by atoms with Gasteiger partial charge in [0.25, 0.3) is 5.91 Å². The zero-order valence-electron chi connectivity index (χ0n) is 12.0. The second-order valence-electron chi connectivity index (χ2n) is 4.75. The number of nitrogen functional groups attached to an aromatic ring is 1. The zero-order valence-corrected chi connectivity index (χ0v) is 12.0. The number of amides is 2. The molecule has 0 unspecified atom stereocenters. The Kier molecular flexibility index (Phi) is 5.92. The highest BCUT2D eigenvalue weighted by Gasteiger charge is 2.09. The number of aryl methyl sites for hydroxylation is 1. The lowest BCUT2D eigenvalue weighted by molar-refractivity contribution is -0.121. The van der Waals surface area contributed by atoms with E-state index >= 15 is 0 Å². The van der Waals surface area contributed by atoms with Crippen LogP contribution in [0.3, 0.4) is 0 Å². The topological polar surface area (TPSA) is 109 Å². The summed E-state index contributed by atoms with van der Waals surface area (Å²) in [7, 11) is 0. The van der Waals surface area contributed by atoms with Gasteiger partial charge in [0.15, 0.2) is 0 Å². The third-order valence-electron chi connectivity index (χ3n) is 2.45. The number of hydrazine groups is 1. The molecule has 7 heteroatoms. The van der Waals surface area contributed by atoms with Crippen molar-refractivity contribution in [2.75, 3.05) is 12.0 Å². The van der Waals surface area contributed by atoms with Gasteiger partial charge in [0, 0.05) is 30.3 Å². The number of carbonyl (C=O) groups is 2. The third kappa shape index (κ3) is 5.23. The summed E-state index contributed by atoms with van der Waals surface area (Å²) in [5.74, 6) is 5.35. The smallest absolute Gasteiger partial charge is 0.251 e. The normalized spacial score (nSPS) is 10.2. The molecule has 2 amide bonds. The Bertz CT molecular complexity index is 488. The van der Waals surface area contributed by atoms with Gasteiger partial charge < -0.3 is 16.1 Å². The molecular formula is C13H21N5O2. The van der Waals surface area contributed by atoms with Crippen LogP contribution in [0.5, 0.6) is 0 Å². The van der Waals surface area contributed by atoms with E-state index in [-0.39, 0.29) is 30.8 Å². The molecule has 0 bridgehead atoms. The highest BCUT2D eigenvalue weighted by Crippen LogP contribution is 2.08. The molecule has 0 aromatic carbocycles. The van der Waals surface area contributed by atoms with Crippen molar-refractivity contribution in [3.63, 3.8) is 0 Å². The van der Waals surface area contributed by atoms with E-state index in [1.807, 2.05) is 13.8 Å². The van der Waals surface area contributed by atoms with Gasteiger partial charge in [-0.1, -0.05) is 0 Å². The first kappa shape index (κ1) is 15.9. The van der Waals surface area contributed by atoms with Crippen molar-refractivity contribution >= 4 is 17.6 Å². The maximum atomic E-state index is 11.9. The molecular weight excluding hydrogens is 258 g/mol. The molecule has 0 aliphatic carbocycles. The van der Waals surface area contributed by atoms with Crippen LogP contribution in [0.25, 0.3) is 0 Å². The van der Waals surface area contributed by atoms with Crippen LogP contribution in [0.2, 0.25) is 0 Å². The molecule has 0 aliphatic rings. The number of anilines is 1. The number of nitrogens with zero attached hydrogens (tertiary/aromatic N) is 1. The SMILES string of the molecule is Cc1cc(C(=O)NCCC(=O)NC(C)C)cc(NN)n1. The van der Waals surface area contributed by atoms with Gasteiger partial charge in [-0.15, -0.1) is 0 Å². The van der Waals surface area contributed by atoms with E-state index in [0.717, 1.165) is 0 Å². The van der Waals surface area contributed by atoms with Crippen molar-refractivity contribution in [3.8, 4) is 0 Å². The molecule has 1 aromatic heterocycles. The molecule has 0 aliphatic heterocycles. The van der Waals surface area contributed by atoms with Crippen molar-refractivity contribution in [2.24, 2.45) is 5.84 Å². The van der Waals surface area contributed by atoms with Gasteiger partial charge >= 0.3 is 0 Å². The van der Waals surface area contributed by atoms with E-state index in [4.69, 9.17) is 5.84 Å². The molecule has 0 fully saturated rings. The minimum Gasteiger partial charge on any atom is -0.354 e. The minimum absolute atomic E-state index is 0.0875. The van der Waals surface area contributed by atoms with Gasteiger partial charge in [0.05, 0.1) is 0 Å². The molecule has 5 N–H and O–H groups in total. The minimum atomic E-state index is -0.260. The summed E-state index contributed by atoms with van der Waals surface area (Å²) in [4.78, 5) is 27.5. The summed E-state index contributed by atoms with van der Waals surface area (Å²) in [5.41, 5.74) is 3.54. The van der Waals surface area contributed by atoms with Crippen LogP contribution in [0, 0.1) is 6.92 Å². The van der Waals surface area contributed by atoms with E-state index in [1.165, 1.54) is 0 Å². The lowest BCUT2D eigenvalue weighted by atomic mass is 10.2. The van der Waals surface area contributed by atoms with Crippen LogP contribution in [-0.4, -0.2) is 29.4 Å². The predicted octanol–water partition coefficient (Wildman–Crippen LogP) is 0.320. The van der Waals surface area contributed by atoms with Gasteiger partial charge in [-0.2, -0.15) is 0 Å². The predicted molar refractivity (Wildman–Crippen MR) is 77.0 cm³/mol. The highest BCUT2D eigenvalue weighted by atomic mass is 16.2. The number of nitrogens with one attached hydrogen (secondary N) is 3. The van der Waals surface area contributed by atoms with Crippen molar-refractivity contribution in [1.29, 1.82) is 0 Å². The number of aromatic nitrogens is 1. The largest absolute Gasteiger partial charge is 0.354 e. The average molecular weight is 279 g/mol. The summed E-state index contributed by atoms with van der Waals surface area (Å²) >= 11 is 0. The Morgan fingerprint density at radius 1 is 1.35 bits per heavy atom. The van der Waals surface area contributed by atoms with E-state index < -0.39 is 0 Å². The number of rotatable bonds is 6. The van der Waals surface area contributed by atoms with E-state index in [1.54, 1.807) is 19.1 Å². The average Bonchev–Trinajstić information content (AvgIpc) is 2.36. The fourth-order valence-corrected chi connectivity index (χ4v) is 1.66. The first-order valence-electron chi connectivity index (χ1n) is 6.45. The Morgan fingerprint density at radius 3 is 2.65 bits per heavy atom. The molecule has 0 atom stereocenters. The standard InChI is InChI=1S/C13H21N5O2/c1-8(2)16-12(19)4-5-15-13(20)10-6-9(3)17-11(7-10)18-14/h6-8H,4-5,14H2,1-3H3,(H,15,20)(H,16,19)(H,17,18). The van der Waals surface area contributed by atoms with E-state index in [0.29, 0.717) is 17.1 Å². The zero-order chi connectivity index (χ0) is 15.1. The molecule has 0 radical (unpaired) electrons. The molecule has 20 heavy (non-hydrogen) atoms. The second kappa shape index (κ2) is 7.44. The fraction of sp³-hybridized carbons (Fsp3) is 0.462. The van der Waals surface area contributed by atoms with E-state index in [2.05, 4.69) is 21.0 Å². The summed E-state index contributed by atoms with van der Waals surface area (Å²) in [6.07, 6.45) is 0.246. The maximum absolute atomic E-state index is 11.9. The Morgan fingerprint density at radius 2 is 2.05 bits per heavy atom. The van der Waals surface area contributed by atoms with Crippen LogP contribution in [0.4, 0.5) is 5.82 Å². The van der Waals surface area contributed by atoms with Crippen molar-refractivity contribution in [2.45, 2.75) is 33.2 Å². The summed E-state index contributed by atoms with van der Waals surface area (Å²) in [6, 6.07) is 3.31. The molecule has 0 saturated carbocycles. The number of hydrogen-bond donors (Lipinski definition) is 4. The molecule has 0 saturated heterocycles. The number of nitrogens with two attached hydrogens (primary N) is 1. The third-order valence-corrected chi connectivity index (χ3v) is 2.45. The second-order valence-corrected chi connectivity index (χ2v) is 4.75. The first-order chi connectivity index (χ1) is 9.42. The van der Waals surface area contributed by atoms with Gasteiger partial charge in [-0.25, -0.2) is 10.8 Å². The van der Waals surface area contributed by atoms with E-state index in [9.17, 15) is 9.59 Å².